The molecule has 0 bridgehead atoms. The first-order chi connectivity index (χ1) is 10.6. The van der Waals surface area contributed by atoms with Gasteiger partial charge in [0.15, 0.2) is 0 Å². The second-order valence-electron chi connectivity index (χ2n) is 6.09. The molecule has 1 saturated heterocycles. The van der Waals surface area contributed by atoms with Gasteiger partial charge in [0.05, 0.1) is 13.3 Å². The number of hydrogen-bond acceptors (Lipinski definition) is 4. The van der Waals surface area contributed by atoms with E-state index >= 15 is 0 Å². The van der Waals surface area contributed by atoms with E-state index in [2.05, 4.69) is 11.9 Å². The van der Waals surface area contributed by atoms with E-state index in [1.54, 1.807) is 0 Å². The maximum atomic E-state index is 13.8. The molecule has 3 atom stereocenters. The lowest BCUT2D eigenvalue weighted by Gasteiger charge is -2.18. The number of benzene rings is 1. The average Bonchev–Trinajstić information content (AvgIpc) is 3.03. The van der Waals surface area contributed by atoms with Crippen molar-refractivity contribution in [3.8, 4) is 5.75 Å². The highest BCUT2D eigenvalue weighted by molar-refractivity contribution is 6.20. The molecule has 0 radical (unpaired) electrons. The quantitative estimate of drug-likeness (QED) is 0.776. The van der Waals surface area contributed by atoms with Crippen molar-refractivity contribution >= 4 is 11.6 Å². The maximum absolute atomic E-state index is 13.8. The predicted octanol–water partition coefficient (Wildman–Crippen LogP) is 2.81. The zero-order chi connectivity index (χ0) is 15.5. The molecule has 3 rings (SSSR count). The van der Waals surface area contributed by atoms with Crippen molar-refractivity contribution in [2.24, 2.45) is 0 Å². The first kappa shape index (κ1) is 16.0. The van der Waals surface area contributed by atoms with Crippen molar-refractivity contribution in [3.63, 3.8) is 0 Å². The van der Waals surface area contributed by atoms with Gasteiger partial charge in [-0.3, -0.25) is 9.74 Å². The van der Waals surface area contributed by atoms with Crippen LogP contribution in [0.1, 0.15) is 18.4 Å². The van der Waals surface area contributed by atoms with Crippen molar-refractivity contribution in [2.75, 3.05) is 26.8 Å². The Morgan fingerprint density at radius 2 is 2.18 bits per heavy atom. The largest absolute Gasteiger partial charge is 0.487 e. The molecule has 122 valence electrons. The highest BCUT2D eigenvalue weighted by Crippen LogP contribution is 2.30. The maximum Gasteiger partial charge on any atom is 0.138 e. The van der Waals surface area contributed by atoms with Gasteiger partial charge in [-0.25, -0.2) is 4.39 Å². The molecule has 4 nitrogen and oxygen atoms in total. The molecular formula is C16H22ClFN2O2. The number of rotatable bonds is 5. The lowest BCUT2D eigenvalue weighted by atomic mass is 10.2. The van der Waals surface area contributed by atoms with Gasteiger partial charge >= 0.3 is 0 Å². The van der Waals surface area contributed by atoms with Crippen LogP contribution < -0.4 is 4.74 Å². The van der Waals surface area contributed by atoms with Crippen molar-refractivity contribution in [1.29, 1.82) is 0 Å². The Morgan fingerprint density at radius 1 is 1.32 bits per heavy atom. The Kier molecular flexibility index (Phi) is 5.18. The van der Waals surface area contributed by atoms with Gasteiger partial charge in [0.1, 0.15) is 18.0 Å². The molecule has 1 saturated carbocycles. The molecular weight excluding hydrogens is 307 g/mol. The topological polar surface area (TPSA) is 24.9 Å². The SMILES string of the molecule is CN1CCN(OCc2cccc(OC3CC(Cl)CC3F)c2)C1. The van der Waals surface area contributed by atoms with Gasteiger partial charge in [0, 0.05) is 24.9 Å². The van der Waals surface area contributed by atoms with Gasteiger partial charge in [0.25, 0.3) is 0 Å². The molecule has 1 aliphatic carbocycles. The number of hydroxylamine groups is 2. The van der Waals surface area contributed by atoms with Gasteiger partial charge in [-0.2, -0.15) is 5.06 Å². The summed E-state index contributed by atoms with van der Waals surface area (Å²) in [5.41, 5.74) is 1.02. The Morgan fingerprint density at radius 3 is 2.86 bits per heavy atom. The van der Waals surface area contributed by atoms with Crippen LogP contribution in [-0.4, -0.2) is 54.4 Å². The van der Waals surface area contributed by atoms with Crippen LogP contribution in [0.15, 0.2) is 24.3 Å². The first-order valence-electron chi connectivity index (χ1n) is 7.70. The van der Waals surface area contributed by atoms with Crippen LogP contribution in [0.4, 0.5) is 4.39 Å². The summed E-state index contributed by atoms with van der Waals surface area (Å²) in [6, 6.07) is 7.65. The van der Waals surface area contributed by atoms with Crippen LogP contribution in [0.3, 0.4) is 0 Å². The van der Waals surface area contributed by atoms with Gasteiger partial charge in [0.2, 0.25) is 0 Å². The zero-order valence-electron chi connectivity index (χ0n) is 12.8. The van der Waals surface area contributed by atoms with Crippen molar-refractivity contribution in [3.05, 3.63) is 29.8 Å². The van der Waals surface area contributed by atoms with Crippen molar-refractivity contribution < 1.29 is 14.0 Å². The molecule has 1 aromatic carbocycles. The second-order valence-corrected chi connectivity index (χ2v) is 6.71. The smallest absolute Gasteiger partial charge is 0.138 e. The molecule has 0 aromatic heterocycles. The summed E-state index contributed by atoms with van der Waals surface area (Å²) < 4.78 is 19.5. The first-order valence-corrected chi connectivity index (χ1v) is 8.14. The fraction of sp³-hybridized carbons (Fsp3) is 0.625. The van der Waals surface area contributed by atoms with Crippen LogP contribution in [0, 0.1) is 0 Å². The van der Waals surface area contributed by atoms with E-state index in [0.717, 1.165) is 25.3 Å². The normalized spacial score (nSPS) is 30.0. The summed E-state index contributed by atoms with van der Waals surface area (Å²) in [5, 5.41) is 1.82. The van der Waals surface area contributed by atoms with E-state index in [1.807, 2.05) is 29.3 Å². The van der Waals surface area contributed by atoms with Crippen LogP contribution in [0.5, 0.6) is 5.75 Å². The Bertz CT molecular complexity index is 505. The summed E-state index contributed by atoms with van der Waals surface area (Å²) in [5.74, 6) is 0.679. The molecule has 1 heterocycles. The van der Waals surface area contributed by atoms with Gasteiger partial charge in [-0.1, -0.05) is 12.1 Å². The fourth-order valence-electron chi connectivity index (χ4n) is 2.86. The number of ether oxygens (including phenoxy) is 1. The van der Waals surface area contributed by atoms with Crippen LogP contribution in [0.25, 0.3) is 0 Å². The van der Waals surface area contributed by atoms with Crippen molar-refractivity contribution in [1.82, 2.24) is 9.96 Å². The van der Waals surface area contributed by atoms with Crippen molar-refractivity contribution in [2.45, 2.75) is 37.1 Å². The third kappa shape index (κ3) is 4.10. The second kappa shape index (κ2) is 7.13. The van der Waals surface area contributed by atoms with Crippen LogP contribution >= 0.6 is 11.6 Å². The molecule has 2 fully saturated rings. The van der Waals surface area contributed by atoms with E-state index in [-0.39, 0.29) is 5.38 Å². The van der Waals surface area contributed by atoms with E-state index < -0.39 is 12.3 Å². The molecule has 0 amide bonds. The van der Waals surface area contributed by atoms with Gasteiger partial charge in [-0.15, -0.1) is 11.6 Å². The van der Waals surface area contributed by atoms with Gasteiger partial charge in [-0.05, 0) is 31.2 Å². The fourth-order valence-corrected chi connectivity index (χ4v) is 3.21. The third-order valence-electron chi connectivity index (χ3n) is 4.10. The summed E-state index contributed by atoms with van der Waals surface area (Å²) in [6.45, 7) is 3.24. The molecule has 22 heavy (non-hydrogen) atoms. The van der Waals surface area contributed by atoms with E-state index in [4.69, 9.17) is 21.2 Å². The number of likely N-dealkylation sites (N-methyl/N-ethyl adjacent to an activating group) is 1. The third-order valence-corrected chi connectivity index (χ3v) is 4.46. The number of hydrogen-bond donors (Lipinski definition) is 0. The van der Waals surface area contributed by atoms with E-state index in [1.165, 1.54) is 0 Å². The lowest BCUT2D eigenvalue weighted by molar-refractivity contribution is -0.160. The van der Waals surface area contributed by atoms with Gasteiger partial charge < -0.3 is 4.74 Å². The van der Waals surface area contributed by atoms with E-state index in [9.17, 15) is 4.39 Å². The highest BCUT2D eigenvalue weighted by Gasteiger charge is 2.35. The molecule has 6 heteroatoms. The summed E-state index contributed by atoms with van der Waals surface area (Å²) in [7, 11) is 2.07. The molecule has 0 spiro atoms. The Balaban J connectivity index is 1.53. The number of nitrogens with zero attached hydrogens (tertiary/aromatic N) is 2. The standard InChI is InChI=1S/C16H22ClFN2O2/c1-19-5-6-20(11-19)21-10-12-3-2-4-14(7-12)22-16-9-13(17)8-15(16)18/h2-4,7,13,15-16H,5-6,8-11H2,1H3. The van der Waals surface area contributed by atoms with Crippen LogP contribution in [0.2, 0.25) is 0 Å². The molecule has 0 N–H and O–H groups in total. The number of halogens is 2. The summed E-state index contributed by atoms with van der Waals surface area (Å²) in [4.78, 5) is 7.96. The van der Waals surface area contributed by atoms with E-state index in [0.29, 0.717) is 25.2 Å². The minimum absolute atomic E-state index is 0.126. The molecule has 3 unspecified atom stereocenters. The highest BCUT2D eigenvalue weighted by atomic mass is 35.5. The zero-order valence-corrected chi connectivity index (χ0v) is 13.5. The number of alkyl halides is 2. The minimum atomic E-state index is -0.984. The minimum Gasteiger partial charge on any atom is -0.487 e. The van der Waals surface area contributed by atoms with Crippen LogP contribution in [-0.2, 0) is 11.4 Å². The Hall–Kier alpha value is -0.880. The predicted molar refractivity (Wildman–Crippen MR) is 83.6 cm³/mol. The molecule has 1 aliphatic heterocycles. The monoisotopic (exact) mass is 328 g/mol. The molecule has 2 aliphatic rings. The average molecular weight is 329 g/mol. The lowest BCUT2D eigenvalue weighted by Crippen LogP contribution is -2.23. The summed E-state index contributed by atoms with van der Waals surface area (Å²) >= 11 is 5.98. The molecule has 1 aromatic rings. The Labute approximate surface area is 135 Å². The summed E-state index contributed by atoms with van der Waals surface area (Å²) in [6.07, 6.45) is -0.491.